The Kier molecular flexibility index (Phi) is 1.61. The Bertz CT molecular complexity index is 390. The molecule has 0 amide bonds. The fourth-order valence-electron chi connectivity index (χ4n) is 2.19. The Hall–Kier alpha value is -1.35. The number of Topliss-reactive ketones (excluding diaryl/α,β-unsaturated/α-hetero) is 1. The molecule has 0 saturated carbocycles. The molecule has 3 nitrogen and oxygen atoms in total. The predicted octanol–water partition coefficient (Wildman–Crippen LogP) is 0.572. The largest absolute Gasteiger partial charge is 0.356 e. The van der Waals surface area contributed by atoms with Gasteiger partial charge in [-0.3, -0.25) is 10.1 Å². The molecule has 1 N–H and O–H groups in total. The van der Waals surface area contributed by atoms with Crippen molar-refractivity contribution in [3.63, 3.8) is 0 Å². The molecule has 14 heavy (non-hydrogen) atoms. The van der Waals surface area contributed by atoms with Crippen molar-refractivity contribution < 1.29 is 4.79 Å². The fourth-order valence-corrected chi connectivity index (χ4v) is 2.19. The number of hydrogen-bond acceptors (Lipinski definition) is 3. The summed E-state index contributed by atoms with van der Waals surface area (Å²) in [4.78, 5) is 13.9. The highest BCUT2D eigenvalue weighted by Crippen LogP contribution is 2.26. The summed E-state index contributed by atoms with van der Waals surface area (Å²) >= 11 is 0. The average Bonchev–Trinajstić information content (AvgIpc) is 2.62. The lowest BCUT2D eigenvalue weighted by atomic mass is 9.93. The maximum Gasteiger partial charge on any atom is 0.165 e. The van der Waals surface area contributed by atoms with Crippen molar-refractivity contribution in [1.82, 2.24) is 10.2 Å². The fraction of sp³-hybridized carbons (Fsp3) is 0.364. The van der Waals surface area contributed by atoms with E-state index in [9.17, 15) is 4.79 Å². The molecule has 0 aromatic rings. The van der Waals surface area contributed by atoms with Gasteiger partial charge in [0.2, 0.25) is 0 Å². The number of nitrogens with zero attached hydrogens (tertiary/aromatic N) is 1. The molecule has 0 spiro atoms. The lowest BCUT2D eigenvalue weighted by Crippen LogP contribution is -2.29. The summed E-state index contributed by atoms with van der Waals surface area (Å²) < 4.78 is 0. The van der Waals surface area contributed by atoms with E-state index in [2.05, 4.69) is 22.4 Å². The van der Waals surface area contributed by atoms with Gasteiger partial charge in [-0.1, -0.05) is 12.2 Å². The Morgan fingerprint density at radius 1 is 1.43 bits per heavy atom. The van der Waals surface area contributed by atoms with Crippen molar-refractivity contribution in [1.29, 1.82) is 0 Å². The predicted molar refractivity (Wildman–Crippen MR) is 53.4 cm³/mol. The molecule has 1 fully saturated rings. The van der Waals surface area contributed by atoms with Crippen LogP contribution in [0.25, 0.3) is 0 Å². The Morgan fingerprint density at radius 3 is 3.29 bits per heavy atom. The van der Waals surface area contributed by atoms with Crippen molar-refractivity contribution in [3.05, 3.63) is 35.1 Å². The first-order chi connectivity index (χ1) is 6.84. The minimum atomic E-state index is 0.282. The lowest BCUT2D eigenvalue weighted by molar-refractivity contribution is -0.115. The molecule has 3 aliphatic rings. The van der Waals surface area contributed by atoms with Crippen molar-refractivity contribution in [2.24, 2.45) is 0 Å². The van der Waals surface area contributed by atoms with Crippen LogP contribution in [0.4, 0.5) is 0 Å². The summed E-state index contributed by atoms with van der Waals surface area (Å²) in [6, 6.07) is 0. The van der Waals surface area contributed by atoms with E-state index < -0.39 is 0 Å². The molecule has 0 aromatic carbocycles. The minimum Gasteiger partial charge on any atom is -0.356 e. The number of carbonyl (C=O) groups excluding carboxylic acids is 1. The minimum absolute atomic E-state index is 0.282. The zero-order valence-electron chi connectivity index (χ0n) is 7.92. The summed E-state index contributed by atoms with van der Waals surface area (Å²) in [6.45, 7) is 2.59. The molecular formula is C11H12N2O. The highest BCUT2D eigenvalue weighted by molar-refractivity contribution is 6.00. The van der Waals surface area contributed by atoms with E-state index in [0.29, 0.717) is 6.42 Å². The number of rotatable bonds is 0. The van der Waals surface area contributed by atoms with Gasteiger partial charge in [-0.25, -0.2) is 0 Å². The van der Waals surface area contributed by atoms with Gasteiger partial charge < -0.3 is 4.90 Å². The van der Waals surface area contributed by atoms with Gasteiger partial charge in [0.05, 0.1) is 6.67 Å². The topological polar surface area (TPSA) is 32.3 Å². The molecule has 72 valence electrons. The maximum atomic E-state index is 11.6. The summed E-state index contributed by atoms with van der Waals surface area (Å²) in [6.07, 6.45) is 6.73. The third-order valence-corrected chi connectivity index (χ3v) is 2.97. The third-order valence-electron chi connectivity index (χ3n) is 2.97. The van der Waals surface area contributed by atoms with Crippen molar-refractivity contribution >= 4 is 5.78 Å². The van der Waals surface area contributed by atoms with E-state index in [1.165, 1.54) is 5.70 Å². The number of ketones is 1. The second-order valence-electron chi connectivity index (χ2n) is 3.88. The Balaban J connectivity index is 2.04. The first kappa shape index (κ1) is 8.00. The van der Waals surface area contributed by atoms with Crippen LogP contribution in [0.2, 0.25) is 0 Å². The molecule has 1 aliphatic carbocycles. The van der Waals surface area contributed by atoms with Gasteiger partial charge in [0.25, 0.3) is 0 Å². The van der Waals surface area contributed by atoms with E-state index in [4.69, 9.17) is 0 Å². The van der Waals surface area contributed by atoms with Crippen LogP contribution in [-0.2, 0) is 4.79 Å². The molecule has 3 rings (SSSR count). The number of allylic oxidation sites excluding steroid dienone is 4. The first-order valence-corrected chi connectivity index (χ1v) is 4.94. The molecule has 2 heterocycles. The van der Waals surface area contributed by atoms with Crippen LogP contribution in [0.5, 0.6) is 0 Å². The standard InChI is InChI=1S/C11H12N2O/c14-11-3-1-2-8-4-9-5-12-7-13(9)6-10(8)11/h1-2,4,12H,3,5-7H2. The van der Waals surface area contributed by atoms with Crippen molar-refractivity contribution in [2.75, 3.05) is 19.8 Å². The van der Waals surface area contributed by atoms with E-state index >= 15 is 0 Å². The number of carbonyl (C=O) groups is 1. The summed E-state index contributed by atoms with van der Waals surface area (Å²) in [5, 5.41) is 3.28. The van der Waals surface area contributed by atoms with Crippen molar-refractivity contribution in [2.45, 2.75) is 6.42 Å². The highest BCUT2D eigenvalue weighted by atomic mass is 16.1. The maximum absolute atomic E-state index is 11.6. The Morgan fingerprint density at radius 2 is 2.36 bits per heavy atom. The first-order valence-electron chi connectivity index (χ1n) is 4.94. The van der Waals surface area contributed by atoms with Gasteiger partial charge in [0, 0.05) is 30.8 Å². The summed E-state index contributed by atoms with van der Waals surface area (Å²) in [5.41, 5.74) is 3.42. The van der Waals surface area contributed by atoms with Gasteiger partial charge in [0.15, 0.2) is 5.78 Å². The molecule has 0 unspecified atom stereocenters. The normalized spacial score (nSPS) is 25.0. The third kappa shape index (κ3) is 1.06. The van der Waals surface area contributed by atoms with Crippen LogP contribution >= 0.6 is 0 Å². The van der Waals surface area contributed by atoms with Crippen molar-refractivity contribution in [3.8, 4) is 0 Å². The van der Waals surface area contributed by atoms with Gasteiger partial charge >= 0.3 is 0 Å². The number of hydrogen-bond donors (Lipinski definition) is 1. The van der Waals surface area contributed by atoms with E-state index in [-0.39, 0.29) is 5.78 Å². The van der Waals surface area contributed by atoms with Crippen LogP contribution in [0.3, 0.4) is 0 Å². The molecule has 1 saturated heterocycles. The monoisotopic (exact) mass is 188 g/mol. The van der Waals surface area contributed by atoms with Gasteiger partial charge in [-0.15, -0.1) is 0 Å². The second-order valence-corrected chi connectivity index (χ2v) is 3.88. The van der Waals surface area contributed by atoms with Gasteiger partial charge in [-0.2, -0.15) is 0 Å². The van der Waals surface area contributed by atoms with Gasteiger partial charge in [0.1, 0.15) is 0 Å². The van der Waals surface area contributed by atoms with Crippen LogP contribution in [0, 0.1) is 0 Å². The van der Waals surface area contributed by atoms with E-state index in [1.54, 1.807) is 0 Å². The average molecular weight is 188 g/mol. The lowest BCUT2D eigenvalue weighted by Gasteiger charge is -2.27. The van der Waals surface area contributed by atoms with E-state index in [0.717, 1.165) is 30.9 Å². The quantitative estimate of drug-likeness (QED) is 0.603. The van der Waals surface area contributed by atoms with Crippen LogP contribution in [0.15, 0.2) is 35.1 Å². The van der Waals surface area contributed by atoms with Crippen LogP contribution < -0.4 is 5.32 Å². The molecule has 0 atom stereocenters. The molecule has 0 radical (unpaired) electrons. The SMILES string of the molecule is O=C1CC=CC2=C1CN1CNCC1=C2. The molecule has 0 bridgehead atoms. The highest BCUT2D eigenvalue weighted by Gasteiger charge is 2.26. The Labute approximate surface area is 82.8 Å². The smallest absolute Gasteiger partial charge is 0.165 e. The van der Waals surface area contributed by atoms with E-state index in [1.807, 2.05) is 6.08 Å². The molecule has 3 heteroatoms. The molecule has 0 aromatic heterocycles. The second kappa shape index (κ2) is 2.82. The van der Waals surface area contributed by atoms with Crippen LogP contribution in [0.1, 0.15) is 6.42 Å². The zero-order valence-corrected chi connectivity index (χ0v) is 7.92. The summed E-state index contributed by atoms with van der Waals surface area (Å²) in [7, 11) is 0. The molecule has 2 aliphatic heterocycles. The van der Waals surface area contributed by atoms with Crippen LogP contribution in [-0.4, -0.2) is 30.4 Å². The zero-order chi connectivity index (χ0) is 9.54. The summed E-state index contributed by atoms with van der Waals surface area (Å²) in [5.74, 6) is 0.282. The van der Waals surface area contributed by atoms with Gasteiger partial charge in [-0.05, 0) is 11.6 Å². The number of fused-ring (bicyclic) bond motifs is 1. The number of nitrogens with one attached hydrogen (secondary N) is 1. The molecular weight excluding hydrogens is 176 g/mol.